The molecule has 0 aromatic rings. The molecule has 0 heterocycles. The molecule has 0 aliphatic heterocycles. The summed E-state index contributed by atoms with van der Waals surface area (Å²) in [5, 5.41) is 0. The highest BCUT2D eigenvalue weighted by atomic mass is 16.6. The van der Waals surface area contributed by atoms with Crippen LogP contribution in [0, 0.1) is 0 Å². The lowest BCUT2D eigenvalue weighted by atomic mass is 10.1. The maximum Gasteiger partial charge on any atom is 0.306 e. The van der Waals surface area contributed by atoms with Crippen LogP contribution in [0.5, 0.6) is 0 Å². The Kier molecular flexibility index (Phi) is 45.9. The van der Waals surface area contributed by atoms with Gasteiger partial charge in [0, 0.05) is 19.3 Å². The smallest absolute Gasteiger partial charge is 0.306 e. The van der Waals surface area contributed by atoms with Gasteiger partial charge in [0.1, 0.15) is 13.2 Å². The summed E-state index contributed by atoms with van der Waals surface area (Å²) in [7, 11) is 0. The van der Waals surface area contributed by atoms with Crippen molar-refractivity contribution in [2.75, 3.05) is 13.2 Å². The normalized spacial score (nSPS) is 12.4. The molecule has 0 aliphatic rings. The maximum absolute atomic E-state index is 12.8. The van der Waals surface area contributed by atoms with E-state index in [9.17, 15) is 14.4 Å². The van der Waals surface area contributed by atoms with E-state index in [1.807, 2.05) is 0 Å². The Morgan fingerprint density at radius 2 is 0.627 bits per heavy atom. The van der Waals surface area contributed by atoms with Crippen LogP contribution in [0.15, 0.2) is 48.6 Å². The number of ether oxygens (including phenoxy) is 3. The molecule has 0 rings (SSSR count). The SMILES string of the molecule is CCCC/C=C/C/C=C/CCCCCCCC(=O)OC[C@@H](COC(=O)CCCCCCC/C=C/CCCCCC)OC(=O)CCCCCCC/C=C/CCCCCCC. The third-order valence-electron chi connectivity index (χ3n) is 10.8. The molecule has 0 N–H and O–H groups in total. The van der Waals surface area contributed by atoms with E-state index in [1.165, 1.54) is 116 Å². The molecule has 0 radical (unpaired) electrons. The molecule has 6 nitrogen and oxygen atoms in total. The predicted octanol–water partition coefficient (Wildman–Crippen LogP) is 16.3. The number of hydrogen-bond donors (Lipinski definition) is 0. The van der Waals surface area contributed by atoms with Crippen LogP contribution in [0.4, 0.5) is 0 Å². The second kappa shape index (κ2) is 48.0. The summed E-state index contributed by atoms with van der Waals surface area (Å²) < 4.78 is 16.8. The van der Waals surface area contributed by atoms with Crippen molar-refractivity contribution in [3.8, 4) is 0 Å². The minimum Gasteiger partial charge on any atom is -0.462 e. The summed E-state index contributed by atoms with van der Waals surface area (Å²) in [4.78, 5) is 37.9. The third-order valence-corrected chi connectivity index (χ3v) is 10.8. The Morgan fingerprint density at radius 1 is 0.339 bits per heavy atom. The van der Waals surface area contributed by atoms with Gasteiger partial charge >= 0.3 is 17.9 Å². The summed E-state index contributed by atoms with van der Waals surface area (Å²) in [6.45, 7) is 6.55. The van der Waals surface area contributed by atoms with Crippen LogP contribution in [0.2, 0.25) is 0 Å². The van der Waals surface area contributed by atoms with Gasteiger partial charge < -0.3 is 14.2 Å². The second-order valence-corrected chi connectivity index (χ2v) is 16.7. The van der Waals surface area contributed by atoms with Gasteiger partial charge in [0.25, 0.3) is 0 Å². The monoisotopic (exact) mass is 827 g/mol. The van der Waals surface area contributed by atoms with Crippen LogP contribution < -0.4 is 0 Å². The molecule has 0 amide bonds. The zero-order valence-corrected chi connectivity index (χ0v) is 39.0. The van der Waals surface area contributed by atoms with E-state index in [0.717, 1.165) is 96.3 Å². The van der Waals surface area contributed by atoms with Gasteiger partial charge in [0.2, 0.25) is 0 Å². The standard InChI is InChI=1S/C53H94O6/c1-4-7-10-13-16-19-22-25-28-31-34-37-40-43-46-52(55)58-49-50(48-57-51(54)45-42-39-36-33-30-27-24-21-18-15-12-9-6-3)59-53(56)47-44-41-38-35-32-29-26-23-20-17-14-11-8-5-2/h13,16,21-26,50H,4-12,14-15,17-20,27-49H2,1-3H3/b16-13+,24-21+,25-22+,26-23+/t50-/m1/s1. The van der Waals surface area contributed by atoms with E-state index in [-0.39, 0.29) is 31.1 Å². The van der Waals surface area contributed by atoms with Crippen molar-refractivity contribution in [3.63, 3.8) is 0 Å². The number of allylic oxidation sites excluding steroid dienone is 8. The zero-order chi connectivity index (χ0) is 43.0. The maximum atomic E-state index is 12.8. The van der Waals surface area contributed by atoms with Crippen molar-refractivity contribution in [2.45, 2.75) is 258 Å². The molecule has 0 aromatic carbocycles. The fourth-order valence-electron chi connectivity index (χ4n) is 6.92. The number of carbonyl (C=O) groups excluding carboxylic acids is 3. The van der Waals surface area contributed by atoms with Crippen molar-refractivity contribution >= 4 is 17.9 Å². The zero-order valence-electron chi connectivity index (χ0n) is 39.0. The van der Waals surface area contributed by atoms with E-state index < -0.39 is 6.10 Å². The van der Waals surface area contributed by atoms with Gasteiger partial charge in [-0.25, -0.2) is 0 Å². The molecule has 0 bridgehead atoms. The summed E-state index contributed by atoms with van der Waals surface area (Å²) >= 11 is 0. The molecule has 59 heavy (non-hydrogen) atoms. The summed E-state index contributed by atoms with van der Waals surface area (Å²) in [5.74, 6) is -0.912. The van der Waals surface area contributed by atoms with E-state index >= 15 is 0 Å². The highest BCUT2D eigenvalue weighted by molar-refractivity contribution is 5.71. The number of esters is 3. The van der Waals surface area contributed by atoms with Crippen LogP contribution in [0.25, 0.3) is 0 Å². The van der Waals surface area contributed by atoms with Crippen molar-refractivity contribution in [3.05, 3.63) is 48.6 Å². The summed E-state index contributed by atoms with van der Waals surface area (Å²) in [5.41, 5.74) is 0. The molecule has 1 atom stereocenters. The molecular weight excluding hydrogens is 733 g/mol. The summed E-state index contributed by atoms with van der Waals surface area (Å²) in [6, 6.07) is 0. The van der Waals surface area contributed by atoms with Crippen LogP contribution >= 0.6 is 0 Å². The minimum atomic E-state index is -0.784. The fourth-order valence-corrected chi connectivity index (χ4v) is 6.92. The van der Waals surface area contributed by atoms with Crippen molar-refractivity contribution < 1.29 is 28.6 Å². The number of hydrogen-bond acceptors (Lipinski definition) is 6. The van der Waals surface area contributed by atoms with Crippen molar-refractivity contribution in [1.82, 2.24) is 0 Å². The summed E-state index contributed by atoms with van der Waals surface area (Å²) in [6.07, 6.45) is 56.6. The average molecular weight is 827 g/mol. The third kappa shape index (κ3) is 46.3. The van der Waals surface area contributed by atoms with Gasteiger partial charge in [-0.15, -0.1) is 0 Å². The lowest BCUT2D eigenvalue weighted by Gasteiger charge is -2.18. The van der Waals surface area contributed by atoms with E-state index in [1.54, 1.807) is 0 Å². The lowest BCUT2D eigenvalue weighted by molar-refractivity contribution is -0.167. The average Bonchev–Trinajstić information content (AvgIpc) is 3.23. The van der Waals surface area contributed by atoms with Crippen LogP contribution in [-0.2, 0) is 28.6 Å². The van der Waals surface area contributed by atoms with Crippen LogP contribution in [-0.4, -0.2) is 37.2 Å². The molecule has 342 valence electrons. The quantitative estimate of drug-likeness (QED) is 0.0263. The lowest BCUT2D eigenvalue weighted by Crippen LogP contribution is -2.30. The highest BCUT2D eigenvalue weighted by Crippen LogP contribution is 2.14. The Hall–Kier alpha value is -2.63. The Morgan fingerprint density at radius 3 is 1.02 bits per heavy atom. The first-order valence-electron chi connectivity index (χ1n) is 25.1. The van der Waals surface area contributed by atoms with E-state index in [2.05, 4.69) is 69.4 Å². The number of unbranched alkanes of at least 4 members (excludes halogenated alkanes) is 26. The number of carbonyl (C=O) groups is 3. The molecule has 0 aromatic heterocycles. The molecule has 0 aliphatic carbocycles. The van der Waals surface area contributed by atoms with Crippen LogP contribution in [0.1, 0.15) is 252 Å². The topological polar surface area (TPSA) is 78.9 Å². The largest absolute Gasteiger partial charge is 0.462 e. The molecule has 0 unspecified atom stereocenters. The molecule has 0 saturated carbocycles. The molecular formula is C53H94O6. The van der Waals surface area contributed by atoms with Crippen molar-refractivity contribution in [1.29, 1.82) is 0 Å². The van der Waals surface area contributed by atoms with E-state index in [0.29, 0.717) is 19.3 Å². The van der Waals surface area contributed by atoms with Gasteiger partial charge in [-0.1, -0.05) is 185 Å². The van der Waals surface area contributed by atoms with Gasteiger partial charge in [-0.3, -0.25) is 14.4 Å². The molecule has 0 fully saturated rings. The minimum absolute atomic E-state index is 0.0848. The van der Waals surface area contributed by atoms with Gasteiger partial charge in [-0.05, 0) is 96.3 Å². The first kappa shape index (κ1) is 56.4. The Bertz CT molecular complexity index is 1040. The van der Waals surface area contributed by atoms with Gasteiger partial charge in [0.15, 0.2) is 6.10 Å². The van der Waals surface area contributed by atoms with E-state index in [4.69, 9.17) is 14.2 Å². The van der Waals surface area contributed by atoms with Crippen molar-refractivity contribution in [2.24, 2.45) is 0 Å². The molecule has 0 spiro atoms. The molecule has 6 heteroatoms. The fraction of sp³-hybridized carbons (Fsp3) is 0.792. The van der Waals surface area contributed by atoms with Gasteiger partial charge in [-0.2, -0.15) is 0 Å². The van der Waals surface area contributed by atoms with Gasteiger partial charge in [0.05, 0.1) is 0 Å². The first-order valence-corrected chi connectivity index (χ1v) is 25.1. The Labute approximate surface area is 365 Å². The number of rotatable bonds is 45. The Balaban J connectivity index is 4.42. The predicted molar refractivity (Wildman–Crippen MR) is 252 cm³/mol. The second-order valence-electron chi connectivity index (χ2n) is 16.7. The van der Waals surface area contributed by atoms with Crippen LogP contribution in [0.3, 0.4) is 0 Å². The molecule has 0 saturated heterocycles. The first-order chi connectivity index (χ1) is 29.0. The highest BCUT2D eigenvalue weighted by Gasteiger charge is 2.19.